The van der Waals surface area contributed by atoms with Crippen molar-refractivity contribution in [3.05, 3.63) is 70.8 Å². The summed E-state index contributed by atoms with van der Waals surface area (Å²) in [5, 5.41) is 11.7. The van der Waals surface area contributed by atoms with E-state index in [2.05, 4.69) is 17.2 Å². The highest BCUT2D eigenvalue weighted by atomic mass is 16.5. The minimum Gasteiger partial charge on any atom is -0.388 e. The Morgan fingerprint density at radius 2 is 1.60 bits per heavy atom. The summed E-state index contributed by atoms with van der Waals surface area (Å²) < 4.78 is 5.37. The second-order valence-corrected chi connectivity index (χ2v) is 7.51. The normalized spacial score (nSPS) is 11.9. The van der Waals surface area contributed by atoms with Crippen LogP contribution in [0.15, 0.2) is 48.5 Å². The quantitative estimate of drug-likeness (QED) is 0.580. The number of benzene rings is 2. The van der Waals surface area contributed by atoms with Gasteiger partial charge in [-0.15, -0.1) is 0 Å². The lowest BCUT2D eigenvalue weighted by atomic mass is 9.92. The van der Waals surface area contributed by atoms with Crippen LogP contribution in [-0.2, 0) is 16.1 Å². The number of hydrogen-bond donors (Lipinski definition) is 3. The molecule has 30 heavy (non-hydrogen) atoms. The Labute approximate surface area is 177 Å². The average Bonchev–Trinajstić information content (AvgIpc) is 2.74. The molecule has 1 amide bonds. The third-order valence-electron chi connectivity index (χ3n) is 4.42. The van der Waals surface area contributed by atoms with Crippen molar-refractivity contribution < 1.29 is 19.4 Å². The van der Waals surface area contributed by atoms with Gasteiger partial charge >= 0.3 is 0 Å². The smallest absolute Gasteiger partial charge is 0.251 e. The topological polar surface area (TPSA) is 102 Å². The van der Waals surface area contributed by atoms with E-state index in [0.29, 0.717) is 18.8 Å². The average molecular weight is 408 g/mol. The first kappa shape index (κ1) is 23.3. The molecule has 0 aromatic heterocycles. The van der Waals surface area contributed by atoms with Gasteiger partial charge in [0.25, 0.3) is 5.91 Å². The molecule has 2 aromatic carbocycles. The number of ether oxygens (including phenoxy) is 1. The van der Waals surface area contributed by atoms with E-state index in [9.17, 15) is 9.59 Å². The van der Waals surface area contributed by atoms with Gasteiger partial charge in [0.2, 0.25) is 0 Å². The molecule has 1 unspecified atom stereocenters. The van der Waals surface area contributed by atoms with Gasteiger partial charge in [0, 0.05) is 28.8 Å². The number of amides is 1. The Morgan fingerprint density at radius 3 is 2.07 bits per heavy atom. The molecule has 0 aliphatic heterocycles. The molecule has 0 fully saturated rings. The van der Waals surface area contributed by atoms with Crippen LogP contribution >= 0.6 is 0 Å². The van der Waals surface area contributed by atoms with Crippen molar-refractivity contribution in [1.29, 1.82) is 0 Å². The minimum absolute atomic E-state index is 0.376. The molecular weight excluding hydrogens is 380 g/mol. The number of hydrogen-bond acceptors (Lipinski definition) is 5. The minimum atomic E-state index is -1.00. The molecule has 6 nitrogen and oxygen atoms in total. The van der Waals surface area contributed by atoms with Gasteiger partial charge in [-0.05, 0) is 62.7 Å². The van der Waals surface area contributed by atoms with Gasteiger partial charge in [-0.3, -0.25) is 9.59 Å². The maximum absolute atomic E-state index is 12.5. The molecule has 6 heteroatoms. The number of aliphatic hydroxyl groups excluding tert-OH is 1. The summed E-state index contributed by atoms with van der Waals surface area (Å²) in [6.45, 7) is 5.77. The highest BCUT2D eigenvalue weighted by Gasteiger charge is 2.32. The Bertz CT molecular complexity index is 917. The van der Waals surface area contributed by atoms with Crippen molar-refractivity contribution >= 4 is 11.7 Å². The lowest BCUT2D eigenvalue weighted by molar-refractivity contribution is -0.124. The van der Waals surface area contributed by atoms with Gasteiger partial charge in [0.15, 0.2) is 5.78 Å². The molecule has 2 rings (SSSR count). The van der Waals surface area contributed by atoms with Crippen LogP contribution in [0.25, 0.3) is 0 Å². The van der Waals surface area contributed by atoms with Crippen molar-refractivity contribution in [1.82, 2.24) is 5.32 Å². The maximum atomic E-state index is 12.5. The maximum Gasteiger partial charge on any atom is 0.251 e. The van der Waals surface area contributed by atoms with Crippen molar-refractivity contribution in [3.8, 4) is 11.8 Å². The van der Waals surface area contributed by atoms with E-state index in [1.54, 1.807) is 38.1 Å². The van der Waals surface area contributed by atoms with Crippen LogP contribution in [0.5, 0.6) is 0 Å². The van der Waals surface area contributed by atoms with Crippen LogP contribution in [0.1, 0.15) is 47.8 Å². The molecule has 158 valence electrons. The zero-order valence-electron chi connectivity index (χ0n) is 17.6. The number of ketones is 1. The molecule has 0 bridgehead atoms. The third kappa shape index (κ3) is 6.82. The van der Waals surface area contributed by atoms with Crippen LogP contribution in [-0.4, -0.2) is 41.6 Å². The number of carbonyl (C=O) groups is 2. The largest absolute Gasteiger partial charge is 0.388 e. The summed E-state index contributed by atoms with van der Waals surface area (Å²) in [6, 6.07) is 13.6. The molecule has 0 saturated carbocycles. The van der Waals surface area contributed by atoms with E-state index < -0.39 is 29.9 Å². The second kappa shape index (κ2) is 10.7. The highest BCUT2D eigenvalue weighted by Crippen LogP contribution is 2.10. The van der Waals surface area contributed by atoms with E-state index in [-0.39, 0.29) is 0 Å². The highest BCUT2D eigenvalue weighted by molar-refractivity contribution is 5.98. The number of carbonyl (C=O) groups excluding carboxylic acids is 2. The Kier molecular flexibility index (Phi) is 8.31. The fourth-order valence-electron chi connectivity index (χ4n) is 2.74. The first-order valence-electron chi connectivity index (χ1n) is 9.76. The predicted molar refractivity (Wildman–Crippen MR) is 116 cm³/mol. The number of aliphatic hydroxyl groups is 1. The Balaban J connectivity index is 2.05. The van der Waals surface area contributed by atoms with Crippen LogP contribution < -0.4 is 11.1 Å². The summed E-state index contributed by atoms with van der Waals surface area (Å²) in [6.07, 6.45) is 0. The van der Waals surface area contributed by atoms with Crippen LogP contribution in [0.2, 0.25) is 0 Å². The summed E-state index contributed by atoms with van der Waals surface area (Å²) in [5.74, 6) is 5.17. The van der Waals surface area contributed by atoms with Crippen molar-refractivity contribution in [2.45, 2.75) is 39.0 Å². The zero-order valence-corrected chi connectivity index (χ0v) is 17.6. The van der Waals surface area contributed by atoms with Gasteiger partial charge in [0.1, 0.15) is 12.6 Å². The Morgan fingerprint density at radius 1 is 1.07 bits per heavy atom. The molecule has 0 heterocycles. The molecular formula is C24H28N2O4. The lowest BCUT2D eigenvalue weighted by Crippen LogP contribution is -2.59. The van der Waals surface area contributed by atoms with Crippen molar-refractivity contribution in [2.75, 3.05) is 13.2 Å². The Hall–Kier alpha value is -2.98. The molecule has 2 aromatic rings. The summed E-state index contributed by atoms with van der Waals surface area (Å²) >= 11 is 0. The molecule has 0 aliphatic carbocycles. The zero-order chi connectivity index (χ0) is 22.1. The number of rotatable bonds is 8. The van der Waals surface area contributed by atoms with Gasteiger partial charge in [0.05, 0.1) is 6.61 Å². The summed E-state index contributed by atoms with van der Waals surface area (Å²) in [4.78, 5) is 24.4. The van der Waals surface area contributed by atoms with Crippen molar-refractivity contribution in [2.24, 2.45) is 5.73 Å². The third-order valence-corrected chi connectivity index (χ3v) is 4.42. The van der Waals surface area contributed by atoms with Crippen LogP contribution in [0.4, 0.5) is 0 Å². The monoisotopic (exact) mass is 408 g/mol. The predicted octanol–water partition coefficient (Wildman–Crippen LogP) is 2.02. The first-order chi connectivity index (χ1) is 14.2. The fourth-order valence-corrected chi connectivity index (χ4v) is 2.74. The van der Waals surface area contributed by atoms with E-state index in [4.69, 9.17) is 15.6 Å². The second-order valence-electron chi connectivity index (χ2n) is 7.51. The SMILES string of the molecule is CCOCc1ccc(C#Cc2ccc(C(=O)NC(C(=O)CO)C(C)(C)N)cc2)cc1. The van der Waals surface area contributed by atoms with E-state index in [1.165, 1.54) is 0 Å². The molecule has 0 aliphatic rings. The number of nitrogens with one attached hydrogen (secondary N) is 1. The van der Waals surface area contributed by atoms with Crippen LogP contribution in [0.3, 0.4) is 0 Å². The lowest BCUT2D eigenvalue weighted by Gasteiger charge is -2.29. The molecule has 0 radical (unpaired) electrons. The van der Waals surface area contributed by atoms with Gasteiger partial charge in [-0.2, -0.15) is 0 Å². The number of nitrogens with two attached hydrogens (primary N) is 1. The van der Waals surface area contributed by atoms with Gasteiger partial charge in [-0.1, -0.05) is 24.0 Å². The molecule has 0 saturated heterocycles. The van der Waals surface area contributed by atoms with E-state index in [0.717, 1.165) is 16.7 Å². The van der Waals surface area contributed by atoms with Crippen LogP contribution in [0, 0.1) is 11.8 Å². The van der Waals surface area contributed by atoms with E-state index in [1.807, 2.05) is 31.2 Å². The fraction of sp³-hybridized carbons (Fsp3) is 0.333. The summed E-state index contributed by atoms with van der Waals surface area (Å²) in [7, 11) is 0. The van der Waals surface area contributed by atoms with E-state index >= 15 is 0 Å². The first-order valence-corrected chi connectivity index (χ1v) is 9.76. The standard InChI is InChI=1S/C24H28N2O4/c1-4-30-16-19-9-7-17(8-10-19)5-6-18-11-13-20(14-12-18)23(29)26-22(21(28)15-27)24(2,3)25/h7-14,22,27H,4,15-16,25H2,1-3H3,(H,26,29). The molecule has 1 atom stereocenters. The van der Waals surface area contributed by atoms with Gasteiger partial charge < -0.3 is 20.9 Å². The molecule has 0 spiro atoms. The van der Waals surface area contributed by atoms with Gasteiger partial charge in [-0.25, -0.2) is 0 Å². The molecule has 4 N–H and O–H groups in total. The van der Waals surface area contributed by atoms with Crippen molar-refractivity contribution in [3.63, 3.8) is 0 Å². The number of Topliss-reactive ketones (excluding diaryl/α,β-unsaturated/α-hetero) is 1. The summed E-state index contributed by atoms with van der Waals surface area (Å²) in [5.41, 5.74) is 8.07.